The Labute approximate surface area is 128 Å². The number of benzene rings is 1. The van der Waals surface area contributed by atoms with E-state index in [-0.39, 0.29) is 5.91 Å². The average molecular weight is 297 g/mol. The Morgan fingerprint density at radius 3 is 2.82 bits per heavy atom. The number of hydrogen-bond acceptors (Lipinski definition) is 3. The monoisotopic (exact) mass is 297 g/mol. The maximum atomic E-state index is 12.1. The van der Waals surface area contributed by atoms with Crippen LogP contribution in [0.25, 0.3) is 11.0 Å². The van der Waals surface area contributed by atoms with Crippen LogP contribution in [-0.2, 0) is 6.54 Å². The molecule has 22 heavy (non-hydrogen) atoms. The molecule has 0 fully saturated rings. The van der Waals surface area contributed by atoms with Crippen LogP contribution in [-0.4, -0.2) is 22.2 Å². The molecular weight excluding hydrogens is 278 g/mol. The lowest BCUT2D eigenvalue weighted by Gasteiger charge is -2.05. The molecule has 3 rings (SSSR count). The van der Waals surface area contributed by atoms with Gasteiger partial charge in [-0.25, -0.2) is 0 Å². The highest BCUT2D eigenvalue weighted by molar-refractivity contribution is 5.95. The number of nitrogens with one attached hydrogen (secondary N) is 1. The SMILES string of the molecule is Cc1cc(C)n(CCCNC(=O)c2cc3ccccc3o2)n1. The second kappa shape index (κ2) is 6.05. The number of hydrogen-bond donors (Lipinski definition) is 1. The van der Waals surface area contributed by atoms with Gasteiger partial charge in [-0.15, -0.1) is 0 Å². The van der Waals surface area contributed by atoms with Gasteiger partial charge in [-0.05, 0) is 38.5 Å². The van der Waals surface area contributed by atoms with Gasteiger partial charge in [0.25, 0.3) is 5.91 Å². The molecule has 1 N–H and O–H groups in total. The van der Waals surface area contributed by atoms with Gasteiger partial charge in [0.1, 0.15) is 5.58 Å². The quantitative estimate of drug-likeness (QED) is 0.736. The third-order valence-corrected chi connectivity index (χ3v) is 3.58. The fourth-order valence-electron chi connectivity index (χ4n) is 2.51. The largest absolute Gasteiger partial charge is 0.451 e. The molecule has 5 nitrogen and oxygen atoms in total. The van der Waals surface area contributed by atoms with Crippen LogP contribution in [0.4, 0.5) is 0 Å². The first kappa shape index (κ1) is 14.4. The van der Waals surface area contributed by atoms with Crippen molar-refractivity contribution in [1.29, 1.82) is 0 Å². The first-order valence-electron chi connectivity index (χ1n) is 7.41. The fourth-order valence-corrected chi connectivity index (χ4v) is 2.51. The molecule has 0 atom stereocenters. The lowest BCUT2D eigenvalue weighted by Crippen LogP contribution is -2.25. The number of carbonyl (C=O) groups is 1. The summed E-state index contributed by atoms with van der Waals surface area (Å²) in [5.74, 6) is 0.178. The van der Waals surface area contributed by atoms with Crippen LogP contribution in [0.2, 0.25) is 0 Å². The molecule has 0 aliphatic rings. The number of para-hydroxylation sites is 1. The van der Waals surface area contributed by atoms with Crippen LogP contribution >= 0.6 is 0 Å². The molecule has 0 saturated heterocycles. The predicted octanol–water partition coefficient (Wildman–Crippen LogP) is 3.07. The molecule has 5 heteroatoms. The van der Waals surface area contributed by atoms with Crippen molar-refractivity contribution < 1.29 is 9.21 Å². The number of carbonyl (C=O) groups excluding carboxylic acids is 1. The van der Waals surface area contributed by atoms with E-state index in [0.717, 1.165) is 35.3 Å². The molecular formula is C17H19N3O2. The number of nitrogens with zero attached hydrogens (tertiary/aromatic N) is 2. The van der Waals surface area contributed by atoms with E-state index in [1.807, 2.05) is 48.9 Å². The Kier molecular flexibility index (Phi) is 3.96. The first-order valence-corrected chi connectivity index (χ1v) is 7.41. The third-order valence-electron chi connectivity index (χ3n) is 3.58. The predicted molar refractivity (Wildman–Crippen MR) is 84.9 cm³/mol. The van der Waals surface area contributed by atoms with Crippen LogP contribution in [0.3, 0.4) is 0 Å². The third kappa shape index (κ3) is 3.03. The van der Waals surface area contributed by atoms with Crippen molar-refractivity contribution in [2.75, 3.05) is 6.54 Å². The lowest BCUT2D eigenvalue weighted by molar-refractivity contribution is 0.0927. The number of rotatable bonds is 5. The van der Waals surface area contributed by atoms with Gasteiger partial charge in [0, 0.05) is 24.2 Å². The number of aromatic nitrogens is 2. The van der Waals surface area contributed by atoms with Crippen LogP contribution < -0.4 is 5.32 Å². The Hall–Kier alpha value is -2.56. The van der Waals surface area contributed by atoms with E-state index in [9.17, 15) is 4.79 Å². The summed E-state index contributed by atoms with van der Waals surface area (Å²) in [4.78, 5) is 12.1. The zero-order valence-electron chi connectivity index (χ0n) is 12.8. The molecule has 0 aliphatic carbocycles. The highest BCUT2D eigenvalue weighted by atomic mass is 16.3. The van der Waals surface area contributed by atoms with Gasteiger partial charge in [-0.3, -0.25) is 9.48 Å². The van der Waals surface area contributed by atoms with Crippen LogP contribution in [0.1, 0.15) is 28.4 Å². The van der Waals surface area contributed by atoms with Crippen molar-refractivity contribution in [3.63, 3.8) is 0 Å². The fraction of sp³-hybridized carbons (Fsp3) is 0.294. The Bertz CT molecular complexity index is 768. The van der Waals surface area contributed by atoms with Gasteiger partial charge >= 0.3 is 0 Å². The summed E-state index contributed by atoms with van der Waals surface area (Å²) in [6.07, 6.45) is 0.827. The average Bonchev–Trinajstić information content (AvgIpc) is 3.06. The first-order chi connectivity index (χ1) is 10.6. The maximum Gasteiger partial charge on any atom is 0.287 e. The van der Waals surface area contributed by atoms with Crippen LogP contribution in [0, 0.1) is 13.8 Å². The summed E-state index contributed by atoms with van der Waals surface area (Å²) < 4.78 is 7.50. The second-order valence-electron chi connectivity index (χ2n) is 5.41. The number of furan rings is 1. The van der Waals surface area contributed by atoms with Gasteiger partial charge < -0.3 is 9.73 Å². The minimum absolute atomic E-state index is 0.176. The Balaban J connectivity index is 1.53. The van der Waals surface area contributed by atoms with E-state index >= 15 is 0 Å². The number of fused-ring (bicyclic) bond motifs is 1. The van der Waals surface area contributed by atoms with Crippen molar-refractivity contribution in [1.82, 2.24) is 15.1 Å². The summed E-state index contributed by atoms with van der Waals surface area (Å²) in [5.41, 5.74) is 2.89. The van der Waals surface area contributed by atoms with Crippen molar-refractivity contribution in [2.24, 2.45) is 0 Å². The standard InChI is InChI=1S/C17H19N3O2/c1-12-10-13(2)20(19-12)9-5-8-18-17(21)16-11-14-6-3-4-7-15(14)22-16/h3-4,6-7,10-11H,5,8-9H2,1-2H3,(H,18,21). The smallest absolute Gasteiger partial charge is 0.287 e. The van der Waals surface area contributed by atoms with E-state index in [2.05, 4.69) is 10.4 Å². The van der Waals surface area contributed by atoms with Crippen LogP contribution in [0.15, 0.2) is 40.8 Å². The summed E-state index contributed by atoms with van der Waals surface area (Å²) in [6, 6.07) is 11.4. The molecule has 114 valence electrons. The van der Waals surface area contributed by atoms with Crippen LogP contribution in [0.5, 0.6) is 0 Å². The molecule has 1 amide bonds. The van der Waals surface area contributed by atoms with Crippen molar-refractivity contribution in [3.8, 4) is 0 Å². The molecule has 0 saturated carbocycles. The Morgan fingerprint density at radius 2 is 2.09 bits per heavy atom. The van der Waals surface area contributed by atoms with Crippen molar-refractivity contribution >= 4 is 16.9 Å². The zero-order valence-corrected chi connectivity index (χ0v) is 12.8. The molecule has 0 aliphatic heterocycles. The lowest BCUT2D eigenvalue weighted by atomic mass is 10.2. The molecule has 0 radical (unpaired) electrons. The van der Waals surface area contributed by atoms with Gasteiger partial charge in [0.2, 0.25) is 0 Å². The van der Waals surface area contributed by atoms with E-state index < -0.39 is 0 Å². The van der Waals surface area contributed by atoms with E-state index in [0.29, 0.717) is 12.3 Å². The van der Waals surface area contributed by atoms with Gasteiger partial charge in [0.05, 0.1) is 5.69 Å². The number of aryl methyl sites for hydroxylation is 3. The van der Waals surface area contributed by atoms with E-state index in [1.54, 1.807) is 6.07 Å². The summed E-state index contributed by atoms with van der Waals surface area (Å²) in [5, 5.41) is 8.22. The second-order valence-corrected chi connectivity index (χ2v) is 5.41. The molecule has 3 aromatic rings. The van der Waals surface area contributed by atoms with Crippen molar-refractivity contribution in [3.05, 3.63) is 53.5 Å². The minimum atomic E-state index is -0.176. The molecule has 0 bridgehead atoms. The summed E-state index contributed by atoms with van der Waals surface area (Å²) in [6.45, 7) is 5.40. The zero-order chi connectivity index (χ0) is 15.5. The molecule has 0 unspecified atom stereocenters. The van der Waals surface area contributed by atoms with Crippen molar-refractivity contribution in [2.45, 2.75) is 26.8 Å². The molecule has 1 aromatic carbocycles. The van der Waals surface area contributed by atoms with E-state index in [4.69, 9.17) is 4.42 Å². The highest BCUT2D eigenvalue weighted by Crippen LogP contribution is 2.18. The molecule has 2 aromatic heterocycles. The Morgan fingerprint density at radius 1 is 1.27 bits per heavy atom. The summed E-state index contributed by atoms with van der Waals surface area (Å²) >= 11 is 0. The van der Waals surface area contributed by atoms with Gasteiger partial charge in [-0.2, -0.15) is 5.10 Å². The highest BCUT2D eigenvalue weighted by Gasteiger charge is 2.11. The molecule has 0 spiro atoms. The normalized spacial score (nSPS) is 11.0. The molecule has 2 heterocycles. The summed E-state index contributed by atoms with van der Waals surface area (Å²) in [7, 11) is 0. The topological polar surface area (TPSA) is 60.1 Å². The van der Waals surface area contributed by atoms with Gasteiger partial charge in [-0.1, -0.05) is 18.2 Å². The van der Waals surface area contributed by atoms with Gasteiger partial charge in [0.15, 0.2) is 5.76 Å². The van der Waals surface area contributed by atoms with E-state index in [1.165, 1.54) is 0 Å². The maximum absolute atomic E-state index is 12.1. The number of amides is 1. The minimum Gasteiger partial charge on any atom is -0.451 e.